The molecule has 19 heavy (non-hydrogen) atoms. The van der Waals surface area contributed by atoms with Gasteiger partial charge in [-0.05, 0) is 19.1 Å². The number of Topliss-reactive ketones (excluding diaryl/α,β-unsaturated/α-hetero) is 1. The van der Waals surface area contributed by atoms with Crippen LogP contribution >= 0.6 is 23.2 Å². The Balaban J connectivity index is 2.23. The molecule has 1 aliphatic heterocycles. The third-order valence-corrected chi connectivity index (χ3v) is 3.89. The number of ketones is 1. The number of carbonyl (C=O) groups excluding carboxylic acids is 1. The molecular formula is C13H14Cl2O4. The lowest BCUT2D eigenvalue weighted by Gasteiger charge is -2.39. The second-order valence-corrected chi connectivity index (χ2v) is 5.52. The number of carbonyl (C=O) groups is 1. The van der Waals surface area contributed by atoms with Gasteiger partial charge in [0.2, 0.25) is 0 Å². The van der Waals surface area contributed by atoms with Crippen LogP contribution in [-0.2, 0) is 4.74 Å². The van der Waals surface area contributed by atoms with Crippen molar-refractivity contribution in [3.05, 3.63) is 27.7 Å². The van der Waals surface area contributed by atoms with Crippen molar-refractivity contribution in [3.8, 4) is 5.75 Å². The highest BCUT2D eigenvalue weighted by atomic mass is 35.5. The normalized spacial score (nSPS) is 16.8. The minimum absolute atomic E-state index is 0.0411. The van der Waals surface area contributed by atoms with Crippen LogP contribution < -0.4 is 4.74 Å². The van der Waals surface area contributed by atoms with E-state index in [0.29, 0.717) is 23.8 Å². The number of hydrogen-bond acceptors (Lipinski definition) is 4. The van der Waals surface area contributed by atoms with E-state index in [1.54, 1.807) is 12.1 Å². The summed E-state index contributed by atoms with van der Waals surface area (Å²) in [4.78, 5) is 11.6. The quantitative estimate of drug-likeness (QED) is 0.850. The summed E-state index contributed by atoms with van der Waals surface area (Å²) in [6.45, 7) is 2.47. The fourth-order valence-electron chi connectivity index (χ4n) is 1.79. The van der Waals surface area contributed by atoms with Gasteiger partial charge in [-0.25, -0.2) is 0 Å². The lowest BCUT2D eigenvalue weighted by molar-refractivity contribution is -0.153. The third kappa shape index (κ3) is 2.87. The van der Waals surface area contributed by atoms with Gasteiger partial charge >= 0.3 is 0 Å². The van der Waals surface area contributed by atoms with E-state index in [1.807, 2.05) is 0 Å². The van der Waals surface area contributed by atoms with Crippen molar-refractivity contribution in [2.45, 2.75) is 6.92 Å². The molecule has 1 N–H and O–H groups in total. The zero-order valence-electron chi connectivity index (χ0n) is 10.4. The molecule has 104 valence electrons. The fraction of sp³-hybridized carbons (Fsp3) is 0.462. The Morgan fingerprint density at radius 2 is 2.16 bits per heavy atom. The van der Waals surface area contributed by atoms with E-state index in [2.05, 4.69) is 0 Å². The molecule has 4 nitrogen and oxygen atoms in total. The van der Waals surface area contributed by atoms with E-state index in [9.17, 15) is 9.90 Å². The molecular weight excluding hydrogens is 291 g/mol. The number of hydrogen-bond donors (Lipinski definition) is 1. The molecule has 0 aromatic heterocycles. The highest BCUT2D eigenvalue weighted by Gasteiger charge is 2.39. The molecule has 1 aromatic rings. The Morgan fingerprint density at radius 3 is 2.63 bits per heavy atom. The molecule has 0 unspecified atom stereocenters. The first kappa shape index (κ1) is 14.6. The number of aliphatic hydroxyl groups excluding tert-OH is 1. The molecule has 0 bridgehead atoms. The van der Waals surface area contributed by atoms with Crippen LogP contribution in [-0.4, -0.2) is 37.3 Å². The van der Waals surface area contributed by atoms with Crippen molar-refractivity contribution in [1.29, 1.82) is 0 Å². The van der Waals surface area contributed by atoms with Gasteiger partial charge in [-0.1, -0.05) is 23.2 Å². The van der Waals surface area contributed by atoms with Gasteiger partial charge in [0.05, 0.1) is 35.8 Å². The van der Waals surface area contributed by atoms with E-state index in [-0.39, 0.29) is 29.8 Å². The molecule has 0 radical (unpaired) electrons. The summed E-state index contributed by atoms with van der Waals surface area (Å²) in [5.41, 5.74) is -0.0394. The predicted molar refractivity (Wildman–Crippen MR) is 72.3 cm³/mol. The maximum absolute atomic E-state index is 11.6. The maximum atomic E-state index is 11.6. The maximum Gasteiger partial charge on any atom is 0.163 e. The zero-order chi connectivity index (χ0) is 14.0. The second kappa shape index (κ2) is 5.67. The lowest BCUT2D eigenvalue weighted by Crippen LogP contribution is -2.50. The van der Waals surface area contributed by atoms with Crippen molar-refractivity contribution in [3.63, 3.8) is 0 Å². The van der Waals surface area contributed by atoms with E-state index in [0.717, 1.165) is 0 Å². The van der Waals surface area contributed by atoms with Gasteiger partial charge in [0, 0.05) is 0 Å². The van der Waals surface area contributed by atoms with Crippen molar-refractivity contribution in [1.82, 2.24) is 0 Å². The second-order valence-electron chi connectivity index (χ2n) is 4.73. The minimum Gasteiger partial charge on any atom is -0.490 e. The van der Waals surface area contributed by atoms with Crippen LogP contribution in [0.15, 0.2) is 12.1 Å². The zero-order valence-corrected chi connectivity index (χ0v) is 11.9. The van der Waals surface area contributed by atoms with Crippen LogP contribution in [0.3, 0.4) is 0 Å². The number of aliphatic hydroxyl groups is 1. The molecule has 0 aliphatic carbocycles. The van der Waals surface area contributed by atoms with Crippen LogP contribution in [0.5, 0.6) is 5.75 Å². The first-order valence-electron chi connectivity index (χ1n) is 5.79. The summed E-state index contributed by atoms with van der Waals surface area (Å²) in [5, 5.41) is 9.87. The van der Waals surface area contributed by atoms with Gasteiger partial charge in [-0.15, -0.1) is 0 Å². The number of ether oxygens (including phenoxy) is 2. The van der Waals surface area contributed by atoms with Gasteiger partial charge in [-0.2, -0.15) is 0 Å². The smallest absolute Gasteiger partial charge is 0.163 e. The summed E-state index contributed by atoms with van der Waals surface area (Å²) >= 11 is 12.0. The first-order valence-corrected chi connectivity index (χ1v) is 6.55. The molecule has 0 saturated carbocycles. The molecule has 1 aromatic carbocycles. The van der Waals surface area contributed by atoms with Gasteiger partial charge in [0.25, 0.3) is 0 Å². The molecule has 6 heteroatoms. The predicted octanol–water partition coefficient (Wildman–Crippen LogP) is 2.58. The molecule has 0 atom stereocenters. The molecule has 0 amide bonds. The van der Waals surface area contributed by atoms with Crippen molar-refractivity contribution >= 4 is 29.0 Å². The van der Waals surface area contributed by atoms with Gasteiger partial charge in [0.1, 0.15) is 17.4 Å². The van der Waals surface area contributed by atoms with Crippen molar-refractivity contribution < 1.29 is 19.4 Å². The summed E-state index contributed by atoms with van der Waals surface area (Å²) in [7, 11) is 0. The van der Waals surface area contributed by atoms with Crippen LogP contribution in [0.1, 0.15) is 17.3 Å². The Hall–Kier alpha value is -0.810. The lowest BCUT2D eigenvalue weighted by atomic mass is 9.88. The average molecular weight is 305 g/mol. The first-order chi connectivity index (χ1) is 8.99. The summed E-state index contributed by atoms with van der Waals surface area (Å²) in [5.74, 6) is 0.109. The van der Waals surface area contributed by atoms with Gasteiger partial charge in [0.15, 0.2) is 5.78 Å². The van der Waals surface area contributed by atoms with E-state index in [4.69, 9.17) is 32.7 Å². The average Bonchev–Trinajstić information content (AvgIpc) is 2.33. The standard InChI is InChI=1S/C13H14Cl2O4/c1-8(17)9-2-3-10(14)11(15)12(9)19-7-13(4-16)5-18-6-13/h2-3,16H,4-7H2,1H3. The molecule has 1 fully saturated rings. The highest BCUT2D eigenvalue weighted by Crippen LogP contribution is 2.37. The summed E-state index contributed by atoms with van der Waals surface area (Å²) in [6.07, 6.45) is 0. The Morgan fingerprint density at radius 1 is 1.47 bits per heavy atom. The number of benzene rings is 1. The van der Waals surface area contributed by atoms with Gasteiger partial charge in [-0.3, -0.25) is 4.79 Å². The molecule has 2 rings (SSSR count). The van der Waals surface area contributed by atoms with E-state index < -0.39 is 5.41 Å². The molecule has 0 spiro atoms. The Kier molecular flexibility index (Phi) is 4.36. The molecule has 1 saturated heterocycles. The van der Waals surface area contributed by atoms with Crippen LogP contribution in [0, 0.1) is 5.41 Å². The molecule has 1 aliphatic rings. The highest BCUT2D eigenvalue weighted by molar-refractivity contribution is 6.43. The monoisotopic (exact) mass is 304 g/mol. The SMILES string of the molecule is CC(=O)c1ccc(Cl)c(Cl)c1OCC1(CO)COC1. The van der Waals surface area contributed by atoms with Crippen molar-refractivity contribution in [2.75, 3.05) is 26.4 Å². The third-order valence-electron chi connectivity index (χ3n) is 3.10. The van der Waals surface area contributed by atoms with Crippen LogP contribution in [0.25, 0.3) is 0 Å². The minimum atomic E-state index is -0.417. The number of halogens is 2. The van der Waals surface area contributed by atoms with Crippen LogP contribution in [0.4, 0.5) is 0 Å². The number of rotatable bonds is 5. The Labute approximate surface area is 121 Å². The van der Waals surface area contributed by atoms with Crippen LogP contribution in [0.2, 0.25) is 10.0 Å². The topological polar surface area (TPSA) is 55.8 Å². The molecule has 1 heterocycles. The summed E-state index contributed by atoms with van der Waals surface area (Å²) in [6, 6.07) is 3.14. The van der Waals surface area contributed by atoms with Gasteiger partial charge < -0.3 is 14.6 Å². The van der Waals surface area contributed by atoms with E-state index >= 15 is 0 Å². The largest absolute Gasteiger partial charge is 0.490 e. The fourth-order valence-corrected chi connectivity index (χ4v) is 2.15. The summed E-state index contributed by atoms with van der Waals surface area (Å²) < 4.78 is 10.7. The Bertz CT molecular complexity index is 492. The van der Waals surface area contributed by atoms with E-state index in [1.165, 1.54) is 6.92 Å². The van der Waals surface area contributed by atoms with Crippen molar-refractivity contribution in [2.24, 2.45) is 5.41 Å².